The van der Waals surface area contributed by atoms with Crippen molar-refractivity contribution in [1.29, 1.82) is 0 Å². The van der Waals surface area contributed by atoms with E-state index in [9.17, 15) is 19.2 Å². The molecule has 0 bridgehead atoms. The number of carboxylic acids is 1. The number of carbonyl (C=O) groups excluding carboxylic acids is 3. The molecule has 3 heterocycles. The van der Waals surface area contributed by atoms with E-state index < -0.39 is 12.3 Å². The van der Waals surface area contributed by atoms with E-state index in [0.29, 0.717) is 12.8 Å². The molecule has 3 rings (SSSR count). The van der Waals surface area contributed by atoms with Gasteiger partial charge in [0.25, 0.3) is 0 Å². The Kier molecular flexibility index (Phi) is 24.6. The molecule has 10 nitrogen and oxygen atoms in total. The van der Waals surface area contributed by atoms with Crippen LogP contribution in [0.4, 0.5) is 0 Å². The molecule has 210 valence electrons. The number of aliphatic carboxylic acids is 1. The van der Waals surface area contributed by atoms with E-state index in [-0.39, 0.29) is 53.8 Å². The van der Waals surface area contributed by atoms with Gasteiger partial charge in [0.1, 0.15) is 0 Å². The third-order valence-electron chi connectivity index (χ3n) is 4.77. The van der Waals surface area contributed by atoms with Crippen molar-refractivity contribution in [1.82, 2.24) is 0 Å². The number of aryl methyl sites for hydroxylation is 2. The summed E-state index contributed by atoms with van der Waals surface area (Å²) < 4.78 is 9.25. The molecule has 1 saturated heterocycles. The molecule has 1 aliphatic rings. The second-order valence-corrected chi connectivity index (χ2v) is 10.1. The summed E-state index contributed by atoms with van der Waals surface area (Å²) in [5.41, 5.74) is 0. The Labute approximate surface area is 243 Å². The van der Waals surface area contributed by atoms with Crippen LogP contribution in [0.2, 0.25) is 0 Å². The van der Waals surface area contributed by atoms with E-state index in [0.717, 1.165) is 58.2 Å². The van der Waals surface area contributed by atoms with Gasteiger partial charge in [-0.15, -0.1) is 22.7 Å². The maximum atomic E-state index is 11.0. The quantitative estimate of drug-likeness (QED) is 0.238. The number of aliphatic hydroxyl groups is 1. The summed E-state index contributed by atoms with van der Waals surface area (Å²) in [5, 5.41) is 16.9. The SMILES string of the molecule is CC(=O)c1ccc(CCCC(=O)O)s1.COC(=O)CCCc1ccc(C(C)=O)s1.O.OC1CCCO1.[Li+].[OH-]. The van der Waals surface area contributed by atoms with E-state index in [4.69, 9.17) is 14.9 Å². The molecule has 2 aromatic rings. The van der Waals surface area contributed by atoms with Gasteiger partial charge in [0.15, 0.2) is 17.9 Å². The van der Waals surface area contributed by atoms with Crippen molar-refractivity contribution in [3.63, 3.8) is 0 Å². The predicted molar refractivity (Wildman–Crippen MR) is 141 cm³/mol. The number of ether oxygens (including phenoxy) is 2. The topological polar surface area (TPSA) is 189 Å². The summed E-state index contributed by atoms with van der Waals surface area (Å²) >= 11 is 2.95. The zero-order valence-electron chi connectivity index (χ0n) is 22.4. The van der Waals surface area contributed by atoms with Crippen LogP contribution in [0.15, 0.2) is 24.3 Å². The molecule has 0 aliphatic carbocycles. The summed E-state index contributed by atoms with van der Waals surface area (Å²) in [4.78, 5) is 46.8. The molecular formula is C25H37LiO10S2. The van der Waals surface area contributed by atoms with Crippen LogP contribution in [0, 0.1) is 0 Å². The number of esters is 1. The molecule has 1 atom stereocenters. The minimum atomic E-state index is -0.770. The standard InChI is InChI=1S/C11H14O3S.C10H12O3S.C4H8O2.Li.2H2O/c1-8(12)10-7-6-9(15-10)4-3-5-11(13)14-2;1-7(11)9-6-5-8(14-9)3-2-4-10(12)13;5-4-2-1-3-6-4;;;/h6-7H,3-5H2,1-2H3;5-6H,2-4H2,1H3,(H,12,13);4-5H,1-3H2;;2*1H2/q;;;+1;;/p-1. The third kappa shape index (κ3) is 18.4. The van der Waals surface area contributed by atoms with Gasteiger partial charge in [-0.2, -0.15) is 0 Å². The number of hydrogen-bond acceptors (Lipinski definition) is 10. The normalized spacial score (nSPS) is 13.1. The molecule has 1 aliphatic heterocycles. The van der Waals surface area contributed by atoms with Crippen molar-refractivity contribution in [2.75, 3.05) is 13.7 Å². The molecule has 1 fully saturated rings. The number of carboxylic acid groups (broad SMARTS) is 1. The largest absolute Gasteiger partial charge is 1.00 e. The molecule has 38 heavy (non-hydrogen) atoms. The van der Waals surface area contributed by atoms with Crippen LogP contribution < -0.4 is 18.9 Å². The van der Waals surface area contributed by atoms with Crippen LogP contribution in [0.3, 0.4) is 0 Å². The Bertz CT molecular complexity index is 952. The molecule has 0 amide bonds. The number of aliphatic hydroxyl groups excluding tert-OH is 1. The van der Waals surface area contributed by atoms with E-state index in [2.05, 4.69) is 4.74 Å². The van der Waals surface area contributed by atoms with Crippen LogP contribution in [0.5, 0.6) is 0 Å². The smallest absolute Gasteiger partial charge is 0.870 e. The van der Waals surface area contributed by atoms with E-state index in [1.807, 2.05) is 18.2 Å². The zero-order valence-corrected chi connectivity index (χ0v) is 24.0. The summed E-state index contributed by atoms with van der Waals surface area (Å²) in [6.07, 6.45) is 4.97. The van der Waals surface area contributed by atoms with Crippen molar-refractivity contribution < 1.29 is 68.7 Å². The number of thiophene rings is 2. The predicted octanol–water partition coefficient (Wildman–Crippen LogP) is 0.922. The van der Waals surface area contributed by atoms with Gasteiger partial charge in [-0.05, 0) is 70.2 Å². The number of rotatable bonds is 10. The van der Waals surface area contributed by atoms with E-state index >= 15 is 0 Å². The Morgan fingerprint density at radius 2 is 1.42 bits per heavy atom. The molecule has 5 N–H and O–H groups in total. The number of carbonyl (C=O) groups is 4. The Morgan fingerprint density at radius 3 is 1.71 bits per heavy atom. The molecule has 13 heteroatoms. The van der Waals surface area contributed by atoms with Gasteiger partial charge in [0.2, 0.25) is 0 Å². The molecule has 0 saturated carbocycles. The number of hydrogen-bond donors (Lipinski definition) is 2. The molecular weight excluding hydrogens is 531 g/mol. The van der Waals surface area contributed by atoms with E-state index in [1.165, 1.54) is 36.7 Å². The van der Waals surface area contributed by atoms with Crippen LogP contribution in [-0.2, 0) is 31.9 Å². The first kappa shape index (κ1) is 40.6. The molecule has 0 spiro atoms. The second-order valence-electron chi connectivity index (χ2n) is 7.79. The fraction of sp³-hybridized carbons (Fsp3) is 0.520. The van der Waals surface area contributed by atoms with Gasteiger partial charge in [-0.25, -0.2) is 0 Å². The van der Waals surface area contributed by atoms with Crippen LogP contribution in [0.1, 0.15) is 81.5 Å². The number of Topliss-reactive ketones (excluding diaryl/α,β-unsaturated/α-hetero) is 2. The minimum Gasteiger partial charge on any atom is -0.870 e. The molecule has 2 aromatic heterocycles. The van der Waals surface area contributed by atoms with Crippen molar-refractivity contribution in [3.05, 3.63) is 43.8 Å². The van der Waals surface area contributed by atoms with Gasteiger partial charge in [-0.3, -0.25) is 19.2 Å². The maximum absolute atomic E-state index is 11.0. The van der Waals surface area contributed by atoms with Crippen LogP contribution in [0.25, 0.3) is 0 Å². The molecule has 0 radical (unpaired) electrons. The summed E-state index contributed by atoms with van der Waals surface area (Å²) in [6, 6.07) is 7.46. The number of methoxy groups -OCH3 is 1. The summed E-state index contributed by atoms with van der Waals surface area (Å²) in [5.74, 6) is -0.787. The van der Waals surface area contributed by atoms with Gasteiger partial charge in [-0.1, -0.05) is 0 Å². The van der Waals surface area contributed by atoms with Crippen LogP contribution in [-0.4, -0.2) is 64.7 Å². The van der Waals surface area contributed by atoms with Gasteiger partial charge < -0.3 is 30.6 Å². The van der Waals surface area contributed by atoms with Gasteiger partial charge >= 0.3 is 30.8 Å². The molecule has 1 unspecified atom stereocenters. The third-order valence-corrected chi connectivity index (χ3v) is 7.26. The Balaban J connectivity index is -0.000000498. The maximum Gasteiger partial charge on any atom is 1.00 e. The average Bonchev–Trinajstić information content (AvgIpc) is 3.56. The minimum absolute atomic E-state index is 0. The fourth-order valence-electron chi connectivity index (χ4n) is 2.89. The van der Waals surface area contributed by atoms with Crippen molar-refractivity contribution in [2.45, 2.75) is 71.5 Å². The van der Waals surface area contributed by atoms with E-state index in [1.54, 1.807) is 13.0 Å². The first-order valence-corrected chi connectivity index (χ1v) is 13.0. The first-order chi connectivity index (χ1) is 16.6. The first-order valence-electron chi connectivity index (χ1n) is 11.4. The Hall–Kier alpha value is -1.88. The second kappa shape index (κ2) is 23.0. The van der Waals surface area contributed by atoms with Gasteiger partial charge in [0.05, 0.1) is 16.9 Å². The van der Waals surface area contributed by atoms with Gasteiger partial charge in [0, 0.05) is 35.6 Å². The van der Waals surface area contributed by atoms with Crippen LogP contribution >= 0.6 is 22.7 Å². The summed E-state index contributed by atoms with van der Waals surface area (Å²) in [7, 11) is 1.39. The van der Waals surface area contributed by atoms with Crippen molar-refractivity contribution >= 4 is 46.2 Å². The molecule has 0 aromatic carbocycles. The van der Waals surface area contributed by atoms with Crippen molar-refractivity contribution in [3.8, 4) is 0 Å². The zero-order chi connectivity index (χ0) is 26.2. The monoisotopic (exact) mass is 568 g/mol. The van der Waals surface area contributed by atoms with Crippen molar-refractivity contribution in [2.24, 2.45) is 0 Å². The fourth-order valence-corrected chi connectivity index (χ4v) is 4.78. The average molecular weight is 569 g/mol. The Morgan fingerprint density at radius 1 is 0.947 bits per heavy atom. The summed E-state index contributed by atoms with van der Waals surface area (Å²) in [6.45, 7) is 3.83. The number of ketones is 2.